The smallest absolute Gasteiger partial charge is 0.123 e. The molecule has 0 unspecified atom stereocenters. The first kappa shape index (κ1) is 13.6. The molecule has 0 aliphatic rings. The Morgan fingerprint density at radius 1 is 1.21 bits per heavy atom. The minimum Gasteiger partial charge on any atom is -0.384 e. The summed E-state index contributed by atoms with van der Waals surface area (Å²) >= 11 is 1.66. The lowest BCUT2D eigenvalue weighted by molar-refractivity contribution is 0.626. The fourth-order valence-corrected chi connectivity index (χ4v) is 2.69. The maximum atomic E-state index is 12.8. The topological polar surface area (TPSA) is 49.9 Å². The Balaban J connectivity index is 2.07. The van der Waals surface area contributed by atoms with Gasteiger partial charge in [-0.2, -0.15) is 0 Å². The van der Waals surface area contributed by atoms with E-state index in [9.17, 15) is 4.39 Å². The van der Waals surface area contributed by atoms with Gasteiger partial charge in [-0.15, -0.1) is 11.8 Å². The molecular formula is C15H15FN2S. The van der Waals surface area contributed by atoms with Gasteiger partial charge < -0.3 is 5.73 Å². The van der Waals surface area contributed by atoms with E-state index in [0.29, 0.717) is 0 Å². The molecule has 2 aromatic carbocycles. The standard InChI is InChI=1S/C15H15FN2S/c1-10-8-11(15(17)18)2-3-12(10)9-19-14-6-4-13(16)5-7-14/h2-8H,9H2,1H3,(H3,17,18). The number of rotatable bonds is 4. The number of nitrogens with one attached hydrogen (secondary N) is 1. The second-order valence-electron chi connectivity index (χ2n) is 4.30. The van der Waals surface area contributed by atoms with E-state index < -0.39 is 0 Å². The van der Waals surface area contributed by atoms with E-state index >= 15 is 0 Å². The average Bonchev–Trinajstić information content (AvgIpc) is 2.39. The van der Waals surface area contributed by atoms with Gasteiger partial charge in [-0.25, -0.2) is 4.39 Å². The third-order valence-corrected chi connectivity index (χ3v) is 3.92. The van der Waals surface area contributed by atoms with Crippen molar-refractivity contribution in [3.8, 4) is 0 Å². The van der Waals surface area contributed by atoms with Crippen molar-refractivity contribution >= 4 is 17.6 Å². The zero-order valence-corrected chi connectivity index (χ0v) is 11.4. The fraction of sp³-hybridized carbons (Fsp3) is 0.133. The number of nitrogens with two attached hydrogens (primary N) is 1. The van der Waals surface area contributed by atoms with Crippen molar-refractivity contribution in [3.63, 3.8) is 0 Å². The lowest BCUT2D eigenvalue weighted by Crippen LogP contribution is -2.11. The van der Waals surface area contributed by atoms with Crippen LogP contribution in [-0.4, -0.2) is 5.84 Å². The Labute approximate surface area is 116 Å². The molecule has 0 amide bonds. The minimum absolute atomic E-state index is 0.0841. The Morgan fingerprint density at radius 3 is 2.47 bits per heavy atom. The molecule has 0 aliphatic carbocycles. The monoisotopic (exact) mass is 274 g/mol. The maximum Gasteiger partial charge on any atom is 0.123 e. The second-order valence-corrected chi connectivity index (χ2v) is 5.35. The number of nitrogen functional groups attached to an aromatic ring is 1. The highest BCUT2D eigenvalue weighted by Gasteiger charge is 2.03. The molecule has 0 aliphatic heterocycles. The highest BCUT2D eigenvalue weighted by molar-refractivity contribution is 7.98. The van der Waals surface area contributed by atoms with Crippen LogP contribution in [0.3, 0.4) is 0 Å². The number of hydrogen-bond acceptors (Lipinski definition) is 2. The number of amidine groups is 1. The number of benzene rings is 2. The summed E-state index contributed by atoms with van der Waals surface area (Å²) in [5.74, 6) is 0.683. The molecule has 0 atom stereocenters. The van der Waals surface area contributed by atoms with E-state index in [4.69, 9.17) is 11.1 Å². The molecule has 2 aromatic rings. The number of thioether (sulfide) groups is 1. The van der Waals surface area contributed by atoms with E-state index in [1.54, 1.807) is 23.9 Å². The zero-order chi connectivity index (χ0) is 13.8. The van der Waals surface area contributed by atoms with Crippen molar-refractivity contribution in [2.24, 2.45) is 5.73 Å². The molecular weight excluding hydrogens is 259 g/mol. The summed E-state index contributed by atoms with van der Waals surface area (Å²) in [6, 6.07) is 12.3. The van der Waals surface area contributed by atoms with Crippen molar-refractivity contribution in [2.75, 3.05) is 0 Å². The van der Waals surface area contributed by atoms with Gasteiger partial charge in [-0.3, -0.25) is 5.41 Å². The van der Waals surface area contributed by atoms with Crippen LogP contribution in [0.2, 0.25) is 0 Å². The van der Waals surface area contributed by atoms with Gasteiger partial charge in [0.25, 0.3) is 0 Å². The van der Waals surface area contributed by atoms with Crippen molar-refractivity contribution in [3.05, 3.63) is 65.0 Å². The van der Waals surface area contributed by atoms with Crippen LogP contribution < -0.4 is 5.73 Å². The van der Waals surface area contributed by atoms with Crippen molar-refractivity contribution < 1.29 is 4.39 Å². The van der Waals surface area contributed by atoms with Gasteiger partial charge in [0.15, 0.2) is 0 Å². The van der Waals surface area contributed by atoms with Crippen molar-refractivity contribution in [1.82, 2.24) is 0 Å². The largest absolute Gasteiger partial charge is 0.384 e. The number of aryl methyl sites for hydroxylation is 1. The lowest BCUT2D eigenvalue weighted by atomic mass is 10.1. The van der Waals surface area contributed by atoms with Gasteiger partial charge in [0, 0.05) is 16.2 Å². The fourth-order valence-electron chi connectivity index (χ4n) is 1.72. The molecule has 98 valence electrons. The van der Waals surface area contributed by atoms with Crippen LogP contribution in [0.4, 0.5) is 4.39 Å². The van der Waals surface area contributed by atoms with Crippen molar-refractivity contribution in [2.45, 2.75) is 17.6 Å². The molecule has 19 heavy (non-hydrogen) atoms. The zero-order valence-electron chi connectivity index (χ0n) is 10.6. The molecule has 0 aromatic heterocycles. The molecule has 0 saturated heterocycles. The molecule has 0 bridgehead atoms. The third-order valence-electron chi connectivity index (χ3n) is 2.86. The minimum atomic E-state index is -0.216. The lowest BCUT2D eigenvalue weighted by Gasteiger charge is -2.08. The first-order valence-electron chi connectivity index (χ1n) is 5.88. The molecule has 0 saturated carbocycles. The molecule has 2 nitrogen and oxygen atoms in total. The number of hydrogen-bond donors (Lipinski definition) is 2. The van der Waals surface area contributed by atoms with E-state index in [1.165, 1.54) is 17.7 Å². The summed E-state index contributed by atoms with van der Waals surface area (Å²) in [6.07, 6.45) is 0. The summed E-state index contributed by atoms with van der Waals surface area (Å²) in [6.45, 7) is 2.01. The first-order chi connectivity index (χ1) is 9.06. The van der Waals surface area contributed by atoms with Crippen LogP contribution in [0.15, 0.2) is 47.4 Å². The van der Waals surface area contributed by atoms with Crippen LogP contribution >= 0.6 is 11.8 Å². The second kappa shape index (κ2) is 5.89. The number of halogens is 1. The van der Waals surface area contributed by atoms with Gasteiger partial charge in [0.2, 0.25) is 0 Å². The molecule has 4 heteroatoms. The highest BCUT2D eigenvalue weighted by atomic mass is 32.2. The van der Waals surface area contributed by atoms with Crippen LogP contribution in [-0.2, 0) is 5.75 Å². The van der Waals surface area contributed by atoms with Crippen molar-refractivity contribution in [1.29, 1.82) is 5.41 Å². The van der Waals surface area contributed by atoms with Crippen LogP contribution in [0.5, 0.6) is 0 Å². The predicted molar refractivity (Wildman–Crippen MR) is 78.2 cm³/mol. The Bertz CT molecular complexity index is 594. The summed E-state index contributed by atoms with van der Waals surface area (Å²) in [5.41, 5.74) is 8.51. The molecule has 3 N–H and O–H groups in total. The van der Waals surface area contributed by atoms with E-state index in [2.05, 4.69) is 0 Å². The Kier molecular flexibility index (Phi) is 4.22. The third kappa shape index (κ3) is 3.58. The summed E-state index contributed by atoms with van der Waals surface area (Å²) in [4.78, 5) is 1.04. The summed E-state index contributed by atoms with van der Waals surface area (Å²) in [7, 11) is 0. The molecule has 0 fully saturated rings. The average molecular weight is 274 g/mol. The highest BCUT2D eigenvalue weighted by Crippen LogP contribution is 2.24. The van der Waals surface area contributed by atoms with Gasteiger partial charge in [0.1, 0.15) is 11.7 Å². The molecule has 0 spiro atoms. The van der Waals surface area contributed by atoms with E-state index in [0.717, 1.165) is 21.8 Å². The first-order valence-corrected chi connectivity index (χ1v) is 6.87. The summed E-state index contributed by atoms with van der Waals surface area (Å²) in [5, 5.41) is 7.40. The van der Waals surface area contributed by atoms with E-state index in [-0.39, 0.29) is 11.7 Å². The summed E-state index contributed by atoms with van der Waals surface area (Å²) < 4.78 is 12.8. The SMILES string of the molecule is Cc1cc(C(=N)N)ccc1CSc1ccc(F)cc1. The molecule has 0 radical (unpaired) electrons. The quantitative estimate of drug-likeness (QED) is 0.507. The van der Waals surface area contributed by atoms with Gasteiger partial charge in [-0.1, -0.05) is 12.1 Å². The maximum absolute atomic E-state index is 12.8. The normalized spacial score (nSPS) is 10.4. The predicted octanol–water partition coefficient (Wildman–Crippen LogP) is 3.71. The van der Waals surface area contributed by atoms with Crippen LogP contribution in [0.25, 0.3) is 0 Å². The molecule has 0 heterocycles. The van der Waals surface area contributed by atoms with Gasteiger partial charge in [-0.05, 0) is 48.4 Å². The van der Waals surface area contributed by atoms with Crippen LogP contribution in [0, 0.1) is 18.2 Å². The van der Waals surface area contributed by atoms with Crippen LogP contribution in [0.1, 0.15) is 16.7 Å². The Morgan fingerprint density at radius 2 is 1.89 bits per heavy atom. The van der Waals surface area contributed by atoms with E-state index in [1.807, 2.05) is 25.1 Å². The Hall–Kier alpha value is -1.81. The van der Waals surface area contributed by atoms with Gasteiger partial charge in [0.05, 0.1) is 0 Å². The van der Waals surface area contributed by atoms with Gasteiger partial charge >= 0.3 is 0 Å². The molecule has 2 rings (SSSR count).